The van der Waals surface area contributed by atoms with Gasteiger partial charge in [0.05, 0.1) is 24.8 Å². The highest BCUT2D eigenvalue weighted by atomic mass is 32.2. The molecule has 3 rings (SSSR count). The number of thiophene rings is 1. The summed E-state index contributed by atoms with van der Waals surface area (Å²) in [6, 6.07) is 3.59. The highest BCUT2D eigenvalue weighted by Gasteiger charge is 2.22. The van der Waals surface area contributed by atoms with E-state index in [4.69, 9.17) is 9.15 Å². The Hall–Kier alpha value is -2.06. The third-order valence-corrected chi connectivity index (χ3v) is 5.40. The summed E-state index contributed by atoms with van der Waals surface area (Å²) in [6.07, 6.45) is 3.43. The molecule has 3 aromatic heterocycles. The van der Waals surface area contributed by atoms with Crippen molar-refractivity contribution in [1.29, 1.82) is 0 Å². The molecule has 0 saturated carbocycles. The van der Waals surface area contributed by atoms with E-state index in [1.54, 1.807) is 30.7 Å². The van der Waals surface area contributed by atoms with Crippen LogP contribution in [0.25, 0.3) is 10.2 Å². The standard InChI is InChI=1S/C16H16N2O4S2/c1-4-21-15(20)12-9(2)11-13(24-12)17-16(23-3)18(14(11)19)8-10-6-5-7-22-10/h5-7H,4,8H2,1-3H3. The van der Waals surface area contributed by atoms with Gasteiger partial charge in [0.15, 0.2) is 5.16 Å². The van der Waals surface area contributed by atoms with E-state index >= 15 is 0 Å². The predicted octanol–water partition coefficient (Wildman–Crippen LogP) is 3.31. The van der Waals surface area contributed by atoms with Crippen molar-refractivity contribution in [3.63, 3.8) is 0 Å². The summed E-state index contributed by atoms with van der Waals surface area (Å²) in [4.78, 5) is 30.6. The molecular formula is C16H16N2O4S2. The van der Waals surface area contributed by atoms with E-state index in [1.807, 2.05) is 12.3 Å². The zero-order valence-corrected chi connectivity index (χ0v) is 15.1. The van der Waals surface area contributed by atoms with Gasteiger partial charge in [-0.1, -0.05) is 11.8 Å². The zero-order valence-electron chi connectivity index (χ0n) is 13.5. The van der Waals surface area contributed by atoms with E-state index < -0.39 is 5.97 Å². The first-order valence-corrected chi connectivity index (χ1v) is 9.38. The van der Waals surface area contributed by atoms with Crippen LogP contribution in [0.3, 0.4) is 0 Å². The molecule has 0 bridgehead atoms. The number of hydrogen-bond acceptors (Lipinski definition) is 7. The second-order valence-corrected chi connectivity index (χ2v) is 6.80. The number of hydrogen-bond donors (Lipinski definition) is 0. The van der Waals surface area contributed by atoms with Crippen molar-refractivity contribution in [3.05, 3.63) is 45.0 Å². The highest BCUT2D eigenvalue weighted by molar-refractivity contribution is 7.98. The van der Waals surface area contributed by atoms with Gasteiger partial charge in [0.2, 0.25) is 0 Å². The van der Waals surface area contributed by atoms with E-state index in [1.165, 1.54) is 23.1 Å². The third kappa shape index (κ3) is 2.87. The summed E-state index contributed by atoms with van der Waals surface area (Å²) in [5.41, 5.74) is 0.442. The molecule has 0 N–H and O–H groups in total. The third-order valence-electron chi connectivity index (χ3n) is 3.55. The lowest BCUT2D eigenvalue weighted by Gasteiger charge is -2.09. The molecule has 24 heavy (non-hydrogen) atoms. The van der Waals surface area contributed by atoms with Gasteiger partial charge in [-0.3, -0.25) is 9.36 Å². The Morgan fingerprint density at radius 1 is 1.50 bits per heavy atom. The molecule has 0 amide bonds. The average molecular weight is 364 g/mol. The maximum atomic E-state index is 13.0. The molecule has 0 fully saturated rings. The fourth-order valence-electron chi connectivity index (χ4n) is 2.44. The van der Waals surface area contributed by atoms with Gasteiger partial charge in [-0.2, -0.15) is 0 Å². The maximum absolute atomic E-state index is 13.0. The molecule has 0 saturated heterocycles. The van der Waals surface area contributed by atoms with Crippen LogP contribution in [0.1, 0.15) is 27.9 Å². The summed E-state index contributed by atoms with van der Waals surface area (Å²) in [5, 5.41) is 1.05. The van der Waals surface area contributed by atoms with Crippen molar-refractivity contribution in [2.45, 2.75) is 25.5 Å². The minimum absolute atomic E-state index is 0.176. The number of aromatic nitrogens is 2. The number of esters is 1. The van der Waals surface area contributed by atoms with Crippen LogP contribution in [-0.4, -0.2) is 28.4 Å². The lowest BCUT2D eigenvalue weighted by atomic mass is 10.2. The summed E-state index contributed by atoms with van der Waals surface area (Å²) in [7, 11) is 0. The quantitative estimate of drug-likeness (QED) is 0.393. The molecule has 3 aromatic rings. The molecule has 0 atom stereocenters. The first-order chi connectivity index (χ1) is 11.6. The Labute approximate surface area is 146 Å². The first kappa shape index (κ1) is 16.8. The monoisotopic (exact) mass is 364 g/mol. The van der Waals surface area contributed by atoms with Crippen LogP contribution < -0.4 is 5.56 Å². The molecule has 0 aliphatic heterocycles. The lowest BCUT2D eigenvalue weighted by molar-refractivity contribution is 0.0531. The SMILES string of the molecule is CCOC(=O)c1sc2nc(SC)n(Cc3ccco3)c(=O)c2c1C. The molecule has 0 aliphatic rings. The number of thioether (sulfide) groups is 1. The summed E-state index contributed by atoms with van der Waals surface area (Å²) < 4.78 is 12.0. The predicted molar refractivity (Wildman–Crippen MR) is 94.2 cm³/mol. The maximum Gasteiger partial charge on any atom is 0.348 e. The van der Waals surface area contributed by atoms with Crippen molar-refractivity contribution < 1.29 is 13.9 Å². The lowest BCUT2D eigenvalue weighted by Crippen LogP contribution is -2.23. The van der Waals surface area contributed by atoms with Gasteiger partial charge in [-0.25, -0.2) is 9.78 Å². The summed E-state index contributed by atoms with van der Waals surface area (Å²) in [6.45, 7) is 4.10. The minimum atomic E-state index is -0.416. The number of furan rings is 1. The van der Waals surface area contributed by atoms with Crippen LogP contribution >= 0.6 is 23.1 Å². The molecule has 6 nitrogen and oxygen atoms in total. The smallest absolute Gasteiger partial charge is 0.348 e. The number of aryl methyl sites for hydroxylation is 1. The van der Waals surface area contributed by atoms with Crippen LogP contribution in [0.2, 0.25) is 0 Å². The normalized spacial score (nSPS) is 11.1. The highest BCUT2D eigenvalue weighted by Crippen LogP contribution is 2.29. The first-order valence-electron chi connectivity index (χ1n) is 7.34. The van der Waals surface area contributed by atoms with Gasteiger partial charge in [0.25, 0.3) is 5.56 Å². The van der Waals surface area contributed by atoms with Gasteiger partial charge in [0.1, 0.15) is 15.5 Å². The van der Waals surface area contributed by atoms with E-state index in [-0.39, 0.29) is 5.56 Å². The van der Waals surface area contributed by atoms with Crippen molar-refractivity contribution in [2.75, 3.05) is 12.9 Å². The van der Waals surface area contributed by atoms with E-state index in [0.29, 0.717) is 44.7 Å². The van der Waals surface area contributed by atoms with Gasteiger partial charge in [-0.15, -0.1) is 11.3 Å². The zero-order chi connectivity index (χ0) is 17.3. The van der Waals surface area contributed by atoms with Crippen molar-refractivity contribution in [3.8, 4) is 0 Å². The van der Waals surface area contributed by atoms with Crippen LogP contribution in [0.4, 0.5) is 0 Å². The van der Waals surface area contributed by atoms with Crippen LogP contribution in [-0.2, 0) is 11.3 Å². The second-order valence-electron chi connectivity index (χ2n) is 5.03. The van der Waals surface area contributed by atoms with Gasteiger partial charge in [-0.05, 0) is 37.8 Å². The Bertz CT molecular complexity index is 941. The van der Waals surface area contributed by atoms with E-state index in [9.17, 15) is 9.59 Å². The molecule has 0 radical (unpaired) electrons. The number of ether oxygens (including phenoxy) is 1. The fraction of sp³-hybridized carbons (Fsp3) is 0.312. The Kier molecular flexibility index (Phi) is 4.77. The number of fused-ring (bicyclic) bond motifs is 1. The molecule has 8 heteroatoms. The number of carbonyl (C=O) groups excluding carboxylic acids is 1. The Balaban J connectivity index is 2.19. The molecule has 0 aromatic carbocycles. The number of nitrogens with zero attached hydrogens (tertiary/aromatic N) is 2. The van der Waals surface area contributed by atoms with Crippen molar-refractivity contribution in [1.82, 2.24) is 9.55 Å². The van der Waals surface area contributed by atoms with Gasteiger partial charge >= 0.3 is 5.97 Å². The fourth-order valence-corrected chi connectivity index (χ4v) is 4.12. The van der Waals surface area contributed by atoms with Crippen LogP contribution in [0.5, 0.6) is 0 Å². The van der Waals surface area contributed by atoms with Gasteiger partial charge < -0.3 is 9.15 Å². The molecule has 0 spiro atoms. The Morgan fingerprint density at radius 3 is 2.92 bits per heavy atom. The molecule has 126 valence electrons. The van der Waals surface area contributed by atoms with E-state index in [2.05, 4.69) is 4.98 Å². The van der Waals surface area contributed by atoms with Crippen molar-refractivity contribution >= 4 is 39.3 Å². The largest absolute Gasteiger partial charge is 0.467 e. The Morgan fingerprint density at radius 2 is 2.29 bits per heavy atom. The number of carbonyl (C=O) groups is 1. The van der Waals surface area contributed by atoms with Crippen LogP contribution in [0.15, 0.2) is 32.8 Å². The average Bonchev–Trinajstić information content (AvgIpc) is 3.18. The minimum Gasteiger partial charge on any atom is -0.467 e. The second kappa shape index (κ2) is 6.82. The molecule has 0 unspecified atom stereocenters. The van der Waals surface area contributed by atoms with Crippen LogP contribution in [0, 0.1) is 6.92 Å². The molecule has 0 aliphatic carbocycles. The number of rotatable bonds is 5. The van der Waals surface area contributed by atoms with Gasteiger partial charge in [0, 0.05) is 0 Å². The summed E-state index contributed by atoms with van der Waals surface area (Å²) in [5.74, 6) is 0.257. The summed E-state index contributed by atoms with van der Waals surface area (Å²) >= 11 is 2.58. The van der Waals surface area contributed by atoms with Crippen molar-refractivity contribution in [2.24, 2.45) is 0 Å². The van der Waals surface area contributed by atoms with E-state index in [0.717, 1.165) is 0 Å². The topological polar surface area (TPSA) is 74.3 Å². The molecular weight excluding hydrogens is 348 g/mol. The molecule has 3 heterocycles.